The minimum Gasteiger partial charge on any atom is -0.479 e. The number of carboxylic acid groups (broad SMARTS) is 1. The van der Waals surface area contributed by atoms with Gasteiger partial charge in [-0.25, -0.2) is 9.59 Å². The van der Waals surface area contributed by atoms with Crippen molar-refractivity contribution in [3.05, 3.63) is 47.0 Å². The third-order valence-electron chi connectivity index (χ3n) is 8.20. The molecule has 11 nitrogen and oxygen atoms in total. The van der Waals surface area contributed by atoms with Gasteiger partial charge in [0.1, 0.15) is 23.2 Å². The molecule has 1 spiro atoms. The summed E-state index contributed by atoms with van der Waals surface area (Å²) in [6.07, 6.45) is 6.13. The summed E-state index contributed by atoms with van der Waals surface area (Å²) in [7, 11) is 0. The number of aliphatic carboxylic acids is 1. The fourth-order valence-corrected chi connectivity index (χ4v) is 6.19. The molecule has 5 rings (SSSR count). The Hall–Kier alpha value is -3.60. The number of ether oxygens (including phenoxy) is 1. The van der Waals surface area contributed by atoms with Crippen LogP contribution in [0.1, 0.15) is 71.3 Å². The Bertz CT molecular complexity index is 1340. The molecule has 1 aliphatic carbocycles. The molecule has 0 bridgehead atoms. The SMILES string of the molecule is CC(C)(C)OC(=O)N[C@H]1CCCC/C=C\[C@@H]2C[C@@]2(C(=O)O)NC(=O)[C@@H]2C[C@@]3(CC(c4cccc(Cl)c4)=NO3)CN2C1=O. The second-order valence-electron chi connectivity index (χ2n) is 12.7. The van der Waals surface area contributed by atoms with Gasteiger partial charge in [-0.15, -0.1) is 0 Å². The van der Waals surface area contributed by atoms with Crippen molar-refractivity contribution >= 4 is 41.2 Å². The standard InChI is InChI=1S/C30H37ClN4O7/c1-28(2,3)41-27(40)32-21-12-7-5-4-6-10-19-14-30(19,26(38)39)33-24(36)23-16-29(17-35(23)25(21)37)15-22(34-42-29)18-9-8-11-20(31)13-18/h6,8-11,13,19,21,23H,4-5,7,12,14-17H2,1-3H3,(H,32,40)(H,33,36)(H,38,39)/b10-6-/t19-,21+,23+,29+,30-/m1/s1. The number of amides is 3. The summed E-state index contributed by atoms with van der Waals surface area (Å²) < 4.78 is 5.43. The molecule has 2 fully saturated rings. The summed E-state index contributed by atoms with van der Waals surface area (Å²) in [6.45, 7) is 5.24. The van der Waals surface area contributed by atoms with Crippen molar-refractivity contribution < 1.29 is 33.9 Å². The molecule has 3 N–H and O–H groups in total. The summed E-state index contributed by atoms with van der Waals surface area (Å²) in [5, 5.41) is 20.3. The Morgan fingerprint density at radius 3 is 2.74 bits per heavy atom. The highest BCUT2D eigenvalue weighted by Gasteiger charge is 2.62. The van der Waals surface area contributed by atoms with Crippen molar-refractivity contribution in [2.45, 2.75) is 94.5 Å². The lowest BCUT2D eigenvalue weighted by Crippen LogP contribution is -2.56. The molecule has 5 atom stereocenters. The zero-order valence-electron chi connectivity index (χ0n) is 24.0. The van der Waals surface area contributed by atoms with Crippen molar-refractivity contribution in [3.63, 3.8) is 0 Å². The van der Waals surface area contributed by atoms with E-state index < -0.39 is 52.7 Å². The quantitative estimate of drug-likeness (QED) is 0.447. The van der Waals surface area contributed by atoms with Crippen LogP contribution in [-0.2, 0) is 24.0 Å². The number of hydrogen-bond acceptors (Lipinski definition) is 7. The van der Waals surface area contributed by atoms with E-state index in [1.807, 2.05) is 18.2 Å². The predicted octanol–water partition coefficient (Wildman–Crippen LogP) is 3.79. The van der Waals surface area contributed by atoms with Gasteiger partial charge in [0, 0.05) is 29.3 Å². The lowest BCUT2D eigenvalue weighted by Gasteiger charge is -2.30. The molecule has 3 heterocycles. The van der Waals surface area contributed by atoms with Gasteiger partial charge in [0.2, 0.25) is 11.8 Å². The maximum Gasteiger partial charge on any atom is 0.408 e. The van der Waals surface area contributed by atoms with Crippen molar-refractivity contribution in [2.75, 3.05) is 6.54 Å². The first-order chi connectivity index (χ1) is 19.8. The number of fused-ring (bicyclic) bond motifs is 2. The average molecular weight is 601 g/mol. The van der Waals surface area contributed by atoms with Gasteiger partial charge in [0.15, 0.2) is 5.60 Å². The number of oxime groups is 1. The first-order valence-corrected chi connectivity index (χ1v) is 14.7. The van der Waals surface area contributed by atoms with Crippen LogP contribution in [0.5, 0.6) is 0 Å². The van der Waals surface area contributed by atoms with E-state index in [2.05, 4.69) is 15.8 Å². The average Bonchev–Trinajstić information content (AvgIpc) is 3.25. The number of nitrogens with one attached hydrogen (secondary N) is 2. The first-order valence-electron chi connectivity index (χ1n) is 14.3. The van der Waals surface area contributed by atoms with Crippen molar-refractivity contribution in [2.24, 2.45) is 11.1 Å². The van der Waals surface area contributed by atoms with E-state index in [0.29, 0.717) is 36.4 Å². The topological polar surface area (TPSA) is 147 Å². The monoisotopic (exact) mass is 600 g/mol. The van der Waals surface area contributed by atoms with Crippen LogP contribution in [0.2, 0.25) is 5.02 Å². The van der Waals surface area contributed by atoms with Crippen molar-refractivity contribution in [3.8, 4) is 0 Å². The van der Waals surface area contributed by atoms with E-state index >= 15 is 0 Å². The van der Waals surface area contributed by atoms with Crippen LogP contribution < -0.4 is 10.6 Å². The number of carbonyl (C=O) groups excluding carboxylic acids is 3. The number of rotatable bonds is 3. The highest BCUT2D eigenvalue weighted by molar-refractivity contribution is 6.31. The van der Waals surface area contributed by atoms with E-state index in [4.69, 9.17) is 21.2 Å². The molecule has 1 saturated heterocycles. The number of hydrogen-bond donors (Lipinski definition) is 3. The molecule has 1 aromatic rings. The molecule has 226 valence electrons. The number of carbonyl (C=O) groups is 4. The highest BCUT2D eigenvalue weighted by Crippen LogP contribution is 2.46. The van der Waals surface area contributed by atoms with Crippen molar-refractivity contribution in [1.29, 1.82) is 0 Å². The number of halogens is 1. The number of nitrogens with zero attached hydrogens (tertiary/aromatic N) is 2. The summed E-state index contributed by atoms with van der Waals surface area (Å²) in [5.74, 6) is -2.48. The van der Waals surface area contributed by atoms with Gasteiger partial charge in [0.25, 0.3) is 0 Å². The third-order valence-corrected chi connectivity index (χ3v) is 8.43. The summed E-state index contributed by atoms with van der Waals surface area (Å²) >= 11 is 6.18. The lowest BCUT2D eigenvalue weighted by atomic mass is 9.91. The Kier molecular flexibility index (Phi) is 8.00. The molecule has 3 amide bonds. The van der Waals surface area contributed by atoms with Crippen LogP contribution in [-0.4, -0.2) is 75.0 Å². The van der Waals surface area contributed by atoms with Gasteiger partial charge < -0.3 is 30.2 Å². The maximum atomic E-state index is 14.1. The molecule has 4 aliphatic rings. The lowest BCUT2D eigenvalue weighted by molar-refractivity contribution is -0.145. The summed E-state index contributed by atoms with van der Waals surface area (Å²) in [6, 6.07) is 5.20. The van der Waals surface area contributed by atoms with Crippen LogP contribution in [0.3, 0.4) is 0 Å². The molecule has 0 radical (unpaired) electrons. The number of carboxylic acids is 1. The van der Waals surface area contributed by atoms with E-state index in [1.54, 1.807) is 39.0 Å². The van der Waals surface area contributed by atoms with Gasteiger partial charge in [0.05, 0.1) is 12.3 Å². The Morgan fingerprint density at radius 2 is 2.02 bits per heavy atom. The largest absolute Gasteiger partial charge is 0.479 e. The molecule has 12 heteroatoms. The van der Waals surface area contributed by atoms with E-state index in [9.17, 15) is 24.3 Å². The fraction of sp³-hybridized carbons (Fsp3) is 0.567. The van der Waals surface area contributed by atoms with E-state index in [1.165, 1.54) is 4.90 Å². The van der Waals surface area contributed by atoms with Crippen LogP contribution in [0.4, 0.5) is 4.79 Å². The fourth-order valence-electron chi connectivity index (χ4n) is 6.00. The molecule has 1 saturated carbocycles. The minimum atomic E-state index is -1.42. The smallest absolute Gasteiger partial charge is 0.408 e. The van der Waals surface area contributed by atoms with Gasteiger partial charge in [-0.2, -0.15) is 0 Å². The Balaban J connectivity index is 1.44. The Labute approximate surface area is 249 Å². The van der Waals surface area contributed by atoms with Crippen LogP contribution >= 0.6 is 11.6 Å². The van der Waals surface area contributed by atoms with Gasteiger partial charge >= 0.3 is 12.1 Å². The normalized spacial score (nSPS) is 32.0. The van der Waals surface area contributed by atoms with E-state index in [0.717, 1.165) is 12.0 Å². The van der Waals surface area contributed by atoms with Gasteiger partial charge in [-0.1, -0.05) is 47.5 Å². The van der Waals surface area contributed by atoms with Crippen LogP contribution in [0, 0.1) is 5.92 Å². The van der Waals surface area contributed by atoms with Crippen molar-refractivity contribution in [1.82, 2.24) is 15.5 Å². The zero-order chi connectivity index (χ0) is 30.3. The van der Waals surface area contributed by atoms with Crippen LogP contribution in [0.25, 0.3) is 0 Å². The number of allylic oxidation sites excluding steroid dienone is 1. The molecular weight excluding hydrogens is 564 g/mol. The van der Waals surface area contributed by atoms with Gasteiger partial charge in [-0.05, 0) is 58.6 Å². The second kappa shape index (κ2) is 11.2. The Morgan fingerprint density at radius 1 is 1.24 bits per heavy atom. The summed E-state index contributed by atoms with van der Waals surface area (Å²) in [4.78, 5) is 60.3. The second-order valence-corrected chi connectivity index (χ2v) is 13.1. The van der Waals surface area contributed by atoms with Crippen LogP contribution in [0.15, 0.2) is 41.6 Å². The van der Waals surface area contributed by atoms with E-state index in [-0.39, 0.29) is 25.3 Å². The number of alkyl carbamates (subject to hydrolysis) is 1. The molecule has 3 aliphatic heterocycles. The maximum absolute atomic E-state index is 14.1. The minimum absolute atomic E-state index is 0.0351. The predicted molar refractivity (Wildman–Crippen MR) is 154 cm³/mol. The molecular formula is C30H37ClN4O7. The molecule has 0 unspecified atom stereocenters. The van der Waals surface area contributed by atoms with Gasteiger partial charge in [-0.3, -0.25) is 9.59 Å². The third kappa shape index (κ3) is 6.25. The zero-order valence-corrected chi connectivity index (χ0v) is 24.8. The molecule has 1 aromatic carbocycles. The molecule has 0 aromatic heterocycles. The summed E-state index contributed by atoms with van der Waals surface area (Å²) in [5.41, 5.74) is -1.79. The molecule has 42 heavy (non-hydrogen) atoms. The first kappa shape index (κ1) is 29.9. The number of benzene rings is 1. The highest BCUT2D eigenvalue weighted by atomic mass is 35.5.